The number of amides is 2. The number of benzene rings is 2. The number of halogens is 2. The third-order valence-corrected chi connectivity index (χ3v) is 4.49. The van der Waals surface area contributed by atoms with Gasteiger partial charge in [-0.25, -0.2) is 4.39 Å². The summed E-state index contributed by atoms with van der Waals surface area (Å²) in [6.07, 6.45) is 0.479. The molecule has 24 heavy (non-hydrogen) atoms. The normalized spacial score (nSPS) is 18.8. The largest absolute Gasteiger partial charge is 0.326 e. The average molecular weight is 347 g/mol. The summed E-state index contributed by atoms with van der Waals surface area (Å²) in [4.78, 5) is 24.4. The zero-order valence-corrected chi connectivity index (χ0v) is 13.7. The Kier molecular flexibility index (Phi) is 4.53. The molecule has 0 spiro atoms. The van der Waals surface area contributed by atoms with Crippen molar-refractivity contribution < 1.29 is 14.0 Å². The van der Waals surface area contributed by atoms with E-state index in [4.69, 9.17) is 11.6 Å². The minimum Gasteiger partial charge on any atom is -0.326 e. The Hall–Kier alpha value is -2.40. The Balaban J connectivity index is 1.59. The summed E-state index contributed by atoms with van der Waals surface area (Å²) in [5, 5.41) is 6.01. The van der Waals surface area contributed by atoms with Crippen LogP contribution in [0.5, 0.6) is 0 Å². The van der Waals surface area contributed by atoms with E-state index in [1.54, 1.807) is 24.3 Å². The summed E-state index contributed by atoms with van der Waals surface area (Å²) in [6.45, 7) is 1.82. The smallest absolute Gasteiger partial charge is 0.228 e. The summed E-state index contributed by atoms with van der Waals surface area (Å²) < 4.78 is 13.1. The molecule has 3 rings (SSSR count). The van der Waals surface area contributed by atoms with Gasteiger partial charge in [-0.05, 0) is 49.2 Å². The second kappa shape index (κ2) is 6.61. The van der Waals surface area contributed by atoms with E-state index in [1.165, 1.54) is 18.2 Å². The van der Waals surface area contributed by atoms with Gasteiger partial charge in [-0.1, -0.05) is 23.7 Å². The number of hydrogen-bond acceptors (Lipinski definition) is 2. The van der Waals surface area contributed by atoms with Gasteiger partial charge in [0.15, 0.2) is 0 Å². The number of rotatable bonds is 4. The Bertz CT molecular complexity index is 809. The van der Waals surface area contributed by atoms with E-state index in [1.807, 2.05) is 6.92 Å². The number of anilines is 2. The topological polar surface area (TPSA) is 58.2 Å². The van der Waals surface area contributed by atoms with Gasteiger partial charge in [-0.2, -0.15) is 0 Å². The van der Waals surface area contributed by atoms with Gasteiger partial charge in [0.05, 0.1) is 11.8 Å². The molecule has 2 aromatic rings. The molecule has 0 radical (unpaired) electrons. The van der Waals surface area contributed by atoms with Crippen molar-refractivity contribution in [3.63, 3.8) is 0 Å². The summed E-state index contributed by atoms with van der Waals surface area (Å²) >= 11 is 6.03. The van der Waals surface area contributed by atoms with Gasteiger partial charge in [0, 0.05) is 16.4 Å². The fourth-order valence-corrected chi connectivity index (χ4v) is 2.72. The lowest BCUT2D eigenvalue weighted by Crippen LogP contribution is -2.21. The van der Waals surface area contributed by atoms with E-state index in [9.17, 15) is 14.0 Å². The first-order valence-corrected chi connectivity index (χ1v) is 7.96. The second-order valence-electron chi connectivity index (χ2n) is 5.85. The standard InChI is InChI=1S/C18H16ClFN2O2/c1-10-15(19)6-3-7-16(10)22-18(24)14-9-13(14)17(23)21-12-5-2-4-11(20)8-12/h2-8,13-14H,9H2,1H3,(H,21,23)(H,22,24). The van der Waals surface area contributed by atoms with Crippen LogP contribution in [0.15, 0.2) is 42.5 Å². The van der Waals surface area contributed by atoms with Gasteiger partial charge in [-0.15, -0.1) is 0 Å². The van der Waals surface area contributed by atoms with Gasteiger partial charge in [0.25, 0.3) is 0 Å². The Morgan fingerprint density at radius 2 is 1.75 bits per heavy atom. The maximum atomic E-state index is 13.1. The molecule has 2 amide bonds. The average Bonchev–Trinajstić information content (AvgIpc) is 3.32. The molecule has 2 atom stereocenters. The summed E-state index contributed by atoms with van der Waals surface area (Å²) in [7, 11) is 0. The molecule has 4 nitrogen and oxygen atoms in total. The van der Waals surface area contributed by atoms with Crippen LogP contribution in [0.4, 0.5) is 15.8 Å². The minimum absolute atomic E-state index is 0.209. The van der Waals surface area contributed by atoms with Crippen LogP contribution in [0.1, 0.15) is 12.0 Å². The van der Waals surface area contributed by atoms with E-state index in [0.717, 1.165) is 5.56 Å². The third kappa shape index (κ3) is 3.57. The molecule has 0 aliphatic heterocycles. The van der Waals surface area contributed by atoms with Gasteiger partial charge >= 0.3 is 0 Å². The molecule has 0 saturated heterocycles. The highest BCUT2D eigenvalue weighted by Crippen LogP contribution is 2.40. The molecule has 124 valence electrons. The molecule has 1 aliphatic carbocycles. The van der Waals surface area contributed by atoms with Crippen molar-refractivity contribution in [2.45, 2.75) is 13.3 Å². The molecule has 1 saturated carbocycles. The van der Waals surface area contributed by atoms with Gasteiger partial charge in [0.1, 0.15) is 5.82 Å². The van der Waals surface area contributed by atoms with E-state index < -0.39 is 11.7 Å². The molecule has 2 N–H and O–H groups in total. The Labute approximate surface area is 144 Å². The Morgan fingerprint density at radius 3 is 2.46 bits per heavy atom. The van der Waals surface area contributed by atoms with E-state index >= 15 is 0 Å². The van der Waals surface area contributed by atoms with Crippen LogP contribution in [0, 0.1) is 24.6 Å². The van der Waals surface area contributed by atoms with Gasteiger partial charge in [0.2, 0.25) is 11.8 Å². The monoisotopic (exact) mass is 346 g/mol. The van der Waals surface area contributed by atoms with Crippen LogP contribution in [0.2, 0.25) is 5.02 Å². The zero-order valence-electron chi connectivity index (χ0n) is 13.0. The summed E-state index contributed by atoms with van der Waals surface area (Å²) in [5.41, 5.74) is 1.81. The van der Waals surface area contributed by atoms with Crippen molar-refractivity contribution >= 4 is 34.8 Å². The van der Waals surface area contributed by atoms with Crippen LogP contribution in [-0.4, -0.2) is 11.8 Å². The third-order valence-electron chi connectivity index (χ3n) is 4.08. The molecule has 1 aliphatic rings. The maximum Gasteiger partial charge on any atom is 0.228 e. The van der Waals surface area contributed by atoms with Crippen LogP contribution in [0.3, 0.4) is 0 Å². The SMILES string of the molecule is Cc1c(Cl)cccc1NC(=O)C1CC1C(=O)Nc1cccc(F)c1. The van der Waals surface area contributed by atoms with Crippen LogP contribution < -0.4 is 10.6 Å². The van der Waals surface area contributed by atoms with E-state index in [2.05, 4.69) is 10.6 Å². The van der Waals surface area contributed by atoms with E-state index in [0.29, 0.717) is 22.8 Å². The maximum absolute atomic E-state index is 13.1. The number of carbonyl (C=O) groups excluding carboxylic acids is 2. The fraction of sp³-hybridized carbons (Fsp3) is 0.222. The van der Waals surface area contributed by atoms with Crippen LogP contribution >= 0.6 is 11.6 Å². The van der Waals surface area contributed by atoms with Crippen molar-refractivity contribution in [2.24, 2.45) is 11.8 Å². The lowest BCUT2D eigenvalue weighted by atomic mass is 10.2. The van der Waals surface area contributed by atoms with E-state index in [-0.39, 0.29) is 17.7 Å². The molecule has 0 bridgehead atoms. The first-order valence-electron chi connectivity index (χ1n) is 7.58. The fourth-order valence-electron chi connectivity index (χ4n) is 2.54. The van der Waals surface area contributed by atoms with Crippen molar-refractivity contribution in [3.05, 3.63) is 58.9 Å². The Morgan fingerprint density at radius 1 is 1.08 bits per heavy atom. The van der Waals surface area contributed by atoms with Crippen LogP contribution in [0.25, 0.3) is 0 Å². The number of nitrogens with one attached hydrogen (secondary N) is 2. The number of carbonyl (C=O) groups is 2. The number of hydrogen-bond donors (Lipinski definition) is 2. The van der Waals surface area contributed by atoms with Crippen LogP contribution in [-0.2, 0) is 9.59 Å². The quantitative estimate of drug-likeness (QED) is 0.879. The molecule has 0 heterocycles. The molecular weight excluding hydrogens is 331 g/mol. The van der Waals surface area contributed by atoms with Crippen molar-refractivity contribution in [2.75, 3.05) is 10.6 Å². The molecule has 2 aromatic carbocycles. The first-order chi connectivity index (χ1) is 11.5. The zero-order chi connectivity index (χ0) is 17.3. The molecule has 0 aromatic heterocycles. The lowest BCUT2D eigenvalue weighted by Gasteiger charge is -2.09. The van der Waals surface area contributed by atoms with Gasteiger partial charge in [-0.3, -0.25) is 9.59 Å². The van der Waals surface area contributed by atoms with Crippen molar-refractivity contribution in [1.82, 2.24) is 0 Å². The first kappa shape index (κ1) is 16.5. The predicted octanol–water partition coefficient (Wildman–Crippen LogP) is 4.00. The minimum atomic E-state index is -0.422. The van der Waals surface area contributed by atoms with Gasteiger partial charge < -0.3 is 10.6 Å². The molecule has 2 unspecified atom stereocenters. The second-order valence-corrected chi connectivity index (χ2v) is 6.26. The highest BCUT2D eigenvalue weighted by atomic mass is 35.5. The summed E-state index contributed by atoms with van der Waals surface area (Å²) in [6, 6.07) is 10.9. The van der Waals surface area contributed by atoms with Crippen molar-refractivity contribution in [1.29, 1.82) is 0 Å². The summed E-state index contributed by atoms with van der Waals surface area (Å²) in [5.74, 6) is -1.68. The molecule has 1 fully saturated rings. The molecular formula is C18H16ClFN2O2. The van der Waals surface area contributed by atoms with Crippen molar-refractivity contribution in [3.8, 4) is 0 Å². The highest BCUT2D eigenvalue weighted by molar-refractivity contribution is 6.31. The lowest BCUT2D eigenvalue weighted by molar-refractivity contribution is -0.122. The highest BCUT2D eigenvalue weighted by Gasteiger charge is 2.48. The molecule has 6 heteroatoms. The predicted molar refractivity (Wildman–Crippen MR) is 91.4 cm³/mol.